The molecule has 1 N–H and O–H groups in total. The van der Waals surface area contributed by atoms with E-state index < -0.39 is 0 Å². The predicted molar refractivity (Wildman–Crippen MR) is 163 cm³/mol. The Bertz CT molecular complexity index is 1800. The molecule has 0 aliphatic carbocycles. The Morgan fingerprint density at radius 2 is 1.74 bits per heavy atom. The zero-order chi connectivity index (χ0) is 28.7. The van der Waals surface area contributed by atoms with Gasteiger partial charge in [0.2, 0.25) is 5.95 Å². The summed E-state index contributed by atoms with van der Waals surface area (Å²) in [6, 6.07) is 15.6. The number of likely N-dealkylation sites (tertiary alicyclic amines) is 1. The Balaban J connectivity index is 1.17. The van der Waals surface area contributed by atoms with Gasteiger partial charge in [0.15, 0.2) is 17.3 Å². The second-order valence-electron chi connectivity index (χ2n) is 11.2. The van der Waals surface area contributed by atoms with Crippen LogP contribution < -0.4 is 15.8 Å². The van der Waals surface area contributed by atoms with Crippen LogP contribution in [0.25, 0.3) is 28.4 Å². The molecule has 11 heteroatoms. The van der Waals surface area contributed by atoms with Crippen LogP contribution in [0.5, 0.6) is 0 Å². The van der Waals surface area contributed by atoms with E-state index in [0.717, 1.165) is 18.8 Å². The number of benzene rings is 1. The minimum atomic E-state index is -0.221. The van der Waals surface area contributed by atoms with Gasteiger partial charge in [0.05, 0.1) is 6.54 Å². The molecule has 1 aromatic carbocycles. The molecule has 4 aromatic heterocycles. The fraction of sp³-hybridized carbons (Fsp3) is 0.290. The number of allylic oxidation sites excluding steroid dienone is 1. The summed E-state index contributed by atoms with van der Waals surface area (Å²) in [7, 11) is 2.20. The highest BCUT2D eigenvalue weighted by Gasteiger charge is 2.43. The van der Waals surface area contributed by atoms with Crippen molar-refractivity contribution in [1.82, 2.24) is 39.2 Å². The number of hydrogen-bond acceptors (Lipinski definition) is 9. The molecule has 5 aromatic rings. The van der Waals surface area contributed by atoms with Gasteiger partial charge >= 0.3 is 0 Å². The zero-order valence-electron chi connectivity index (χ0n) is 23.5. The molecule has 7 rings (SSSR count). The van der Waals surface area contributed by atoms with Crippen molar-refractivity contribution in [2.75, 3.05) is 43.4 Å². The summed E-state index contributed by atoms with van der Waals surface area (Å²) >= 11 is 0. The average molecular weight is 561 g/mol. The van der Waals surface area contributed by atoms with Gasteiger partial charge in [0, 0.05) is 56.1 Å². The molecule has 0 bridgehead atoms. The van der Waals surface area contributed by atoms with Crippen LogP contribution in [0.4, 0.5) is 17.3 Å². The van der Waals surface area contributed by atoms with Crippen molar-refractivity contribution in [3.63, 3.8) is 0 Å². The fourth-order valence-electron chi connectivity index (χ4n) is 6.24. The summed E-state index contributed by atoms with van der Waals surface area (Å²) in [5.41, 5.74) is 3.43. The van der Waals surface area contributed by atoms with Crippen LogP contribution in [-0.4, -0.2) is 72.4 Å². The second kappa shape index (κ2) is 10.5. The third-order valence-electron chi connectivity index (χ3n) is 8.25. The number of fused-ring (bicyclic) bond motifs is 1. The van der Waals surface area contributed by atoms with E-state index in [4.69, 9.17) is 9.97 Å². The van der Waals surface area contributed by atoms with E-state index >= 15 is 0 Å². The van der Waals surface area contributed by atoms with Crippen molar-refractivity contribution < 1.29 is 0 Å². The Hall–Kier alpha value is -4.90. The molecule has 0 amide bonds. The summed E-state index contributed by atoms with van der Waals surface area (Å²) in [5.74, 6) is 1.39. The number of nitrogens with one attached hydrogen (secondary N) is 1. The Kier molecular flexibility index (Phi) is 6.50. The predicted octanol–water partition coefficient (Wildman–Crippen LogP) is 3.90. The Labute approximate surface area is 243 Å². The molecule has 0 atom stereocenters. The van der Waals surface area contributed by atoms with Gasteiger partial charge < -0.3 is 15.1 Å². The van der Waals surface area contributed by atoms with E-state index in [9.17, 15) is 4.79 Å². The van der Waals surface area contributed by atoms with Crippen molar-refractivity contribution in [1.29, 1.82) is 0 Å². The van der Waals surface area contributed by atoms with E-state index in [1.165, 1.54) is 31.6 Å². The third kappa shape index (κ3) is 4.71. The normalized spacial score (nSPS) is 16.5. The molecule has 2 aliphatic heterocycles. The lowest BCUT2D eigenvalue weighted by atomic mass is 9.72. The first-order chi connectivity index (χ1) is 20.5. The Morgan fingerprint density at radius 1 is 0.976 bits per heavy atom. The van der Waals surface area contributed by atoms with Gasteiger partial charge in [-0.05, 0) is 67.8 Å². The first kappa shape index (κ1) is 26.0. The van der Waals surface area contributed by atoms with Crippen LogP contribution in [0.15, 0.2) is 84.6 Å². The monoisotopic (exact) mass is 560 g/mol. The van der Waals surface area contributed by atoms with Gasteiger partial charge in [-0.25, -0.2) is 29.3 Å². The molecule has 6 heterocycles. The topological polar surface area (TPSA) is 110 Å². The number of nitrogens with zero attached hydrogens (tertiary/aromatic N) is 9. The molecule has 42 heavy (non-hydrogen) atoms. The molecular formula is C31H32N10O. The highest BCUT2D eigenvalue weighted by atomic mass is 16.1. The summed E-state index contributed by atoms with van der Waals surface area (Å²) < 4.78 is 3.25. The molecule has 2 saturated heterocycles. The smallest absolute Gasteiger partial charge is 0.278 e. The van der Waals surface area contributed by atoms with E-state index in [0.29, 0.717) is 39.7 Å². The highest BCUT2D eigenvalue weighted by Crippen LogP contribution is 2.40. The van der Waals surface area contributed by atoms with Crippen LogP contribution in [0.2, 0.25) is 0 Å². The maximum absolute atomic E-state index is 13.3. The lowest BCUT2D eigenvalue weighted by Gasteiger charge is -2.53. The maximum atomic E-state index is 13.3. The first-order valence-corrected chi connectivity index (χ1v) is 14.2. The van der Waals surface area contributed by atoms with Gasteiger partial charge in [-0.1, -0.05) is 12.1 Å². The van der Waals surface area contributed by atoms with E-state index in [-0.39, 0.29) is 12.1 Å². The molecule has 2 aliphatic rings. The number of aromatic nitrogens is 7. The van der Waals surface area contributed by atoms with Crippen molar-refractivity contribution in [2.24, 2.45) is 5.41 Å². The average Bonchev–Trinajstić information content (AvgIpc) is 3.28. The standard InChI is InChI=1S/C31H32N10O/c1-3-16-40-29(42)24-19-34-30(37-28(24)41(40)26-7-4-6-25(36-26)27-32-14-5-15-33-27)35-22-8-10-23(11-9-22)39-17-12-31(13-18-39)20-38(2)21-31/h3-11,14-15,19H,1,12-13,16-18,20-21H2,2H3,(H,34,35,37). The quantitative estimate of drug-likeness (QED) is 0.297. The lowest BCUT2D eigenvalue weighted by Crippen LogP contribution is -2.58. The number of hydrogen-bond donors (Lipinski definition) is 1. The Morgan fingerprint density at radius 3 is 2.45 bits per heavy atom. The molecule has 0 saturated carbocycles. The van der Waals surface area contributed by atoms with Crippen molar-refractivity contribution in [3.8, 4) is 17.3 Å². The second-order valence-corrected chi connectivity index (χ2v) is 11.2. The van der Waals surface area contributed by atoms with Gasteiger partial charge in [-0.15, -0.1) is 6.58 Å². The lowest BCUT2D eigenvalue weighted by molar-refractivity contribution is 0.00132. The molecule has 11 nitrogen and oxygen atoms in total. The maximum Gasteiger partial charge on any atom is 0.278 e. The fourth-order valence-corrected chi connectivity index (χ4v) is 6.24. The van der Waals surface area contributed by atoms with Crippen LogP contribution in [0.1, 0.15) is 12.8 Å². The molecule has 1 spiro atoms. The SMILES string of the molecule is C=CCn1c(=O)c2cnc(Nc3ccc(N4CCC5(CC4)CN(C)C5)cc3)nc2n1-c1cccc(-c2ncccn2)n1. The first-order valence-electron chi connectivity index (χ1n) is 14.2. The van der Waals surface area contributed by atoms with Crippen LogP contribution in [-0.2, 0) is 6.54 Å². The third-order valence-corrected chi connectivity index (χ3v) is 8.25. The summed E-state index contributed by atoms with van der Waals surface area (Å²) in [4.78, 5) is 40.8. The number of piperidine rings is 1. The van der Waals surface area contributed by atoms with Gasteiger partial charge in [0.25, 0.3) is 5.56 Å². The minimum absolute atomic E-state index is 0.221. The molecule has 212 valence electrons. The molecule has 0 radical (unpaired) electrons. The molecule has 2 fully saturated rings. The summed E-state index contributed by atoms with van der Waals surface area (Å²) in [5, 5.41) is 3.70. The van der Waals surface area contributed by atoms with Crippen LogP contribution >= 0.6 is 0 Å². The molecular weight excluding hydrogens is 528 g/mol. The van der Waals surface area contributed by atoms with Crippen molar-refractivity contribution >= 4 is 28.4 Å². The highest BCUT2D eigenvalue weighted by molar-refractivity contribution is 5.77. The number of rotatable bonds is 7. The minimum Gasteiger partial charge on any atom is -0.371 e. The van der Waals surface area contributed by atoms with E-state index in [1.807, 2.05) is 30.3 Å². The van der Waals surface area contributed by atoms with Gasteiger partial charge in [-0.3, -0.25) is 4.79 Å². The number of pyridine rings is 1. The largest absolute Gasteiger partial charge is 0.371 e. The van der Waals surface area contributed by atoms with Gasteiger partial charge in [-0.2, -0.15) is 4.98 Å². The van der Waals surface area contributed by atoms with Crippen molar-refractivity contribution in [3.05, 3.63) is 90.1 Å². The van der Waals surface area contributed by atoms with Crippen LogP contribution in [0.3, 0.4) is 0 Å². The van der Waals surface area contributed by atoms with Crippen molar-refractivity contribution in [2.45, 2.75) is 19.4 Å². The number of anilines is 3. The van der Waals surface area contributed by atoms with Crippen LogP contribution in [0, 0.1) is 5.41 Å². The van der Waals surface area contributed by atoms with E-state index in [1.54, 1.807) is 40.1 Å². The summed E-state index contributed by atoms with van der Waals surface area (Å²) in [6.07, 6.45) is 9.06. The van der Waals surface area contributed by atoms with E-state index in [2.05, 4.69) is 55.8 Å². The molecule has 0 unspecified atom stereocenters. The zero-order valence-corrected chi connectivity index (χ0v) is 23.5. The summed E-state index contributed by atoms with van der Waals surface area (Å²) in [6.45, 7) is 8.74. The van der Waals surface area contributed by atoms with Gasteiger partial charge in [0.1, 0.15) is 11.1 Å².